The maximum Gasteiger partial charge on any atom is 0.159 e. The zero-order valence-corrected chi connectivity index (χ0v) is 19.9. The summed E-state index contributed by atoms with van der Waals surface area (Å²) in [6.07, 6.45) is 9.88. The van der Waals surface area contributed by atoms with Crippen molar-refractivity contribution in [3.63, 3.8) is 0 Å². The lowest BCUT2D eigenvalue weighted by atomic mass is 9.51. The van der Waals surface area contributed by atoms with Gasteiger partial charge in [0, 0.05) is 29.7 Å². The fraction of sp³-hybridized carbons (Fsp3) is 0.533. The van der Waals surface area contributed by atoms with Crippen molar-refractivity contribution in [1.29, 1.82) is 0 Å². The minimum atomic E-state index is -0.196. The summed E-state index contributed by atoms with van der Waals surface area (Å²) in [6.45, 7) is 9.41. The van der Waals surface area contributed by atoms with Crippen molar-refractivity contribution in [2.75, 3.05) is 6.61 Å². The van der Waals surface area contributed by atoms with Gasteiger partial charge in [0.2, 0.25) is 0 Å². The highest BCUT2D eigenvalue weighted by Crippen LogP contribution is 2.69. The van der Waals surface area contributed by atoms with Gasteiger partial charge in [0.15, 0.2) is 5.78 Å². The van der Waals surface area contributed by atoms with Crippen LogP contribution in [0.1, 0.15) is 87.1 Å². The van der Waals surface area contributed by atoms with E-state index in [1.54, 1.807) is 12.5 Å². The maximum atomic E-state index is 12.2. The summed E-state index contributed by atoms with van der Waals surface area (Å²) in [4.78, 5) is 24.2. The predicted octanol–water partition coefficient (Wildman–Crippen LogP) is 6.50. The lowest BCUT2D eigenvalue weighted by Crippen LogP contribution is -2.51. The molecule has 33 heavy (non-hydrogen) atoms. The molecule has 1 aromatic rings. The molecule has 0 aromatic heterocycles. The summed E-state index contributed by atoms with van der Waals surface area (Å²) in [5.41, 5.74) is 7.58. The molecule has 1 saturated heterocycles. The summed E-state index contributed by atoms with van der Waals surface area (Å²) >= 11 is 0. The molecule has 0 bridgehead atoms. The highest BCUT2D eigenvalue weighted by Gasteiger charge is 2.65. The molecule has 4 aliphatic carbocycles. The maximum absolute atomic E-state index is 12.2. The number of ketones is 2. The molecule has 3 heteroatoms. The molecule has 1 heterocycles. The molecule has 1 spiro atoms. The molecule has 5 aliphatic rings. The largest absolute Gasteiger partial charge is 0.370 e. The summed E-state index contributed by atoms with van der Waals surface area (Å²) in [6, 6.07) is 8.33. The summed E-state index contributed by atoms with van der Waals surface area (Å²) in [5, 5.41) is 0. The molecule has 6 rings (SSSR count). The van der Waals surface area contributed by atoms with Crippen LogP contribution in [-0.2, 0) is 9.53 Å². The van der Waals surface area contributed by atoms with Crippen LogP contribution in [0.5, 0.6) is 0 Å². The lowest BCUT2D eigenvalue weighted by Gasteiger charge is -2.55. The first-order valence-corrected chi connectivity index (χ1v) is 12.7. The van der Waals surface area contributed by atoms with Crippen LogP contribution < -0.4 is 0 Å². The molecule has 0 amide bonds. The molecule has 1 aromatic carbocycles. The Kier molecular flexibility index (Phi) is 4.75. The topological polar surface area (TPSA) is 43.4 Å². The van der Waals surface area contributed by atoms with Crippen LogP contribution in [0.4, 0.5) is 0 Å². The third kappa shape index (κ3) is 2.91. The van der Waals surface area contributed by atoms with Gasteiger partial charge in [-0.2, -0.15) is 0 Å². The van der Waals surface area contributed by atoms with Crippen molar-refractivity contribution in [3.8, 4) is 0 Å². The molecular weight excluding hydrogens is 408 g/mol. The second-order valence-electron chi connectivity index (χ2n) is 11.2. The normalized spacial score (nSPS) is 37.6. The Morgan fingerprint density at radius 2 is 1.94 bits per heavy atom. The van der Waals surface area contributed by atoms with Gasteiger partial charge in [-0.15, -0.1) is 0 Å². The first-order chi connectivity index (χ1) is 15.8. The van der Waals surface area contributed by atoms with E-state index in [4.69, 9.17) is 4.74 Å². The molecule has 4 fully saturated rings. The van der Waals surface area contributed by atoms with Crippen LogP contribution in [0.2, 0.25) is 0 Å². The number of rotatable bonds is 2. The molecule has 1 aliphatic heterocycles. The number of hydrogen-bond donors (Lipinski definition) is 0. The lowest BCUT2D eigenvalue weighted by molar-refractivity contribution is -0.118. The second-order valence-corrected chi connectivity index (χ2v) is 11.2. The van der Waals surface area contributed by atoms with Crippen molar-refractivity contribution in [2.24, 2.45) is 17.3 Å². The van der Waals surface area contributed by atoms with Crippen molar-refractivity contribution in [1.82, 2.24) is 0 Å². The summed E-state index contributed by atoms with van der Waals surface area (Å²) in [7, 11) is 0. The summed E-state index contributed by atoms with van der Waals surface area (Å²) < 4.78 is 6.60. The SMILES string of the molecule is C=C1CCO[C@]12CC[C@H]1[C@@H]3CC=C4CC(=O)CCC4=C3[C@@H](c3ccc(C(C)=O)cc3)C[C@@]12C. The fourth-order valence-electron chi connectivity index (χ4n) is 8.30. The van der Waals surface area contributed by atoms with Gasteiger partial charge in [-0.25, -0.2) is 0 Å². The Morgan fingerprint density at radius 1 is 1.15 bits per heavy atom. The quantitative estimate of drug-likeness (QED) is 0.388. The monoisotopic (exact) mass is 442 g/mol. The smallest absolute Gasteiger partial charge is 0.159 e. The number of carbonyl (C=O) groups excluding carboxylic acids is 2. The van der Waals surface area contributed by atoms with Gasteiger partial charge in [-0.1, -0.05) is 49.4 Å². The van der Waals surface area contributed by atoms with E-state index in [1.807, 2.05) is 12.1 Å². The van der Waals surface area contributed by atoms with Crippen LogP contribution in [0, 0.1) is 17.3 Å². The number of Topliss-reactive ketones (excluding diaryl/α,β-unsaturated/α-hetero) is 2. The Bertz CT molecular complexity index is 1120. The third-order valence-corrected chi connectivity index (χ3v) is 9.88. The summed E-state index contributed by atoms with van der Waals surface area (Å²) in [5.74, 6) is 1.87. The zero-order valence-electron chi connectivity index (χ0n) is 19.9. The molecule has 3 nitrogen and oxygen atoms in total. The van der Waals surface area contributed by atoms with E-state index in [2.05, 4.69) is 31.7 Å². The fourth-order valence-corrected chi connectivity index (χ4v) is 8.30. The number of benzene rings is 1. The Morgan fingerprint density at radius 3 is 2.64 bits per heavy atom. The van der Waals surface area contributed by atoms with Crippen LogP contribution in [-0.4, -0.2) is 23.8 Å². The van der Waals surface area contributed by atoms with Gasteiger partial charge in [-0.05, 0) is 79.6 Å². The van der Waals surface area contributed by atoms with E-state index in [9.17, 15) is 9.59 Å². The van der Waals surface area contributed by atoms with E-state index < -0.39 is 0 Å². The molecular formula is C30H34O3. The predicted molar refractivity (Wildman–Crippen MR) is 129 cm³/mol. The number of allylic oxidation sites excluding steroid dienone is 4. The van der Waals surface area contributed by atoms with Crippen molar-refractivity contribution in [3.05, 3.63) is 70.3 Å². The molecule has 0 radical (unpaired) electrons. The average Bonchev–Trinajstić information content (AvgIpc) is 3.33. The van der Waals surface area contributed by atoms with Crippen LogP contribution in [0.15, 0.2) is 59.2 Å². The molecule has 0 N–H and O–H groups in total. The van der Waals surface area contributed by atoms with Gasteiger partial charge in [0.1, 0.15) is 5.78 Å². The minimum absolute atomic E-state index is 0.0506. The van der Waals surface area contributed by atoms with Gasteiger partial charge >= 0.3 is 0 Å². The van der Waals surface area contributed by atoms with Crippen molar-refractivity contribution < 1.29 is 14.3 Å². The van der Waals surface area contributed by atoms with Gasteiger partial charge in [-0.3, -0.25) is 9.59 Å². The number of ether oxygens (including phenoxy) is 1. The number of carbonyl (C=O) groups is 2. The van der Waals surface area contributed by atoms with E-state index in [0.29, 0.717) is 36.4 Å². The highest BCUT2D eigenvalue weighted by atomic mass is 16.5. The molecule has 3 saturated carbocycles. The van der Waals surface area contributed by atoms with E-state index in [-0.39, 0.29) is 16.8 Å². The van der Waals surface area contributed by atoms with Gasteiger partial charge in [0.25, 0.3) is 0 Å². The van der Waals surface area contributed by atoms with E-state index in [0.717, 1.165) is 44.3 Å². The van der Waals surface area contributed by atoms with Crippen molar-refractivity contribution >= 4 is 11.6 Å². The average molecular weight is 443 g/mol. The third-order valence-electron chi connectivity index (χ3n) is 9.88. The molecule has 172 valence electrons. The Hall–Kier alpha value is -2.26. The van der Waals surface area contributed by atoms with E-state index in [1.165, 1.54) is 28.7 Å². The van der Waals surface area contributed by atoms with Crippen LogP contribution >= 0.6 is 0 Å². The molecule has 5 atom stereocenters. The standard InChI is InChI=1S/C30H34O3/c1-18-13-15-33-30(18)14-12-27-25-10-8-22-16-23(32)9-11-24(22)28(25)26(17-29(27,30)3)21-6-4-20(5-7-21)19(2)31/h4-8,25-27H,1,9-17H2,2-3H3/t25-,26+,27-,29-,30+/m0/s1. The number of fused-ring (bicyclic) bond motifs is 5. The highest BCUT2D eigenvalue weighted by molar-refractivity contribution is 5.94. The molecule has 0 unspecified atom stereocenters. The zero-order chi connectivity index (χ0) is 23.0. The van der Waals surface area contributed by atoms with Crippen molar-refractivity contribution in [2.45, 2.75) is 76.7 Å². The van der Waals surface area contributed by atoms with Crippen LogP contribution in [0.25, 0.3) is 0 Å². The first-order valence-electron chi connectivity index (χ1n) is 12.7. The number of hydrogen-bond acceptors (Lipinski definition) is 3. The Labute approximate surface area is 197 Å². The van der Waals surface area contributed by atoms with Gasteiger partial charge in [0.05, 0.1) is 12.2 Å². The first kappa shape index (κ1) is 21.3. The van der Waals surface area contributed by atoms with Crippen LogP contribution in [0.3, 0.4) is 0 Å². The minimum Gasteiger partial charge on any atom is -0.370 e. The van der Waals surface area contributed by atoms with Gasteiger partial charge < -0.3 is 4.74 Å². The van der Waals surface area contributed by atoms with E-state index >= 15 is 0 Å². The Balaban J connectivity index is 1.50. The second kappa shape index (κ2) is 7.37.